The molecule has 0 unspecified atom stereocenters. The molecule has 0 radical (unpaired) electrons. The second kappa shape index (κ2) is 6.39. The van der Waals surface area contributed by atoms with Crippen molar-refractivity contribution in [2.75, 3.05) is 32.8 Å². The minimum Gasteiger partial charge on any atom is -0.381 e. The SMILES string of the molecule is O=C(C1CCOCC1)N1CCC2(CC1)NCCc1c2[nH]c2ccccc12. The van der Waals surface area contributed by atoms with Crippen LogP contribution in [-0.4, -0.2) is 48.6 Å². The van der Waals surface area contributed by atoms with Gasteiger partial charge in [0.25, 0.3) is 0 Å². The summed E-state index contributed by atoms with van der Waals surface area (Å²) in [7, 11) is 0. The van der Waals surface area contributed by atoms with Crippen molar-refractivity contribution in [3.63, 3.8) is 0 Å². The molecule has 0 atom stereocenters. The van der Waals surface area contributed by atoms with Crippen molar-refractivity contribution in [1.29, 1.82) is 0 Å². The molecule has 1 spiro atoms. The van der Waals surface area contributed by atoms with Crippen LogP contribution in [0.1, 0.15) is 36.9 Å². The standard InChI is InChI=1S/C21H27N3O2/c25-20(15-6-13-26-14-7-15)24-11-8-21(9-12-24)19-17(5-10-22-21)16-3-1-2-4-18(16)23-19/h1-4,15,22-23H,5-14H2. The van der Waals surface area contributed by atoms with Gasteiger partial charge in [-0.1, -0.05) is 18.2 Å². The number of carbonyl (C=O) groups is 1. The third kappa shape index (κ3) is 2.57. The van der Waals surface area contributed by atoms with Crippen LogP contribution >= 0.6 is 0 Å². The van der Waals surface area contributed by atoms with Crippen LogP contribution in [0.4, 0.5) is 0 Å². The summed E-state index contributed by atoms with van der Waals surface area (Å²) in [5, 5.41) is 5.17. The Labute approximate surface area is 154 Å². The van der Waals surface area contributed by atoms with E-state index in [1.54, 1.807) is 0 Å². The molecular formula is C21H27N3O2. The highest BCUT2D eigenvalue weighted by atomic mass is 16.5. The number of amides is 1. The summed E-state index contributed by atoms with van der Waals surface area (Å²) in [5.74, 6) is 0.511. The van der Waals surface area contributed by atoms with Crippen molar-refractivity contribution in [3.8, 4) is 0 Å². The van der Waals surface area contributed by atoms with Gasteiger partial charge >= 0.3 is 0 Å². The summed E-state index contributed by atoms with van der Waals surface area (Å²) in [6.07, 6.45) is 4.81. The van der Waals surface area contributed by atoms with Crippen LogP contribution < -0.4 is 5.32 Å². The molecule has 3 aliphatic rings. The van der Waals surface area contributed by atoms with Gasteiger partial charge in [0.2, 0.25) is 5.91 Å². The van der Waals surface area contributed by atoms with Gasteiger partial charge in [-0.25, -0.2) is 0 Å². The number of ether oxygens (including phenoxy) is 1. The van der Waals surface area contributed by atoms with Crippen LogP contribution in [0, 0.1) is 5.92 Å². The summed E-state index contributed by atoms with van der Waals surface area (Å²) in [5.41, 5.74) is 4.08. The van der Waals surface area contributed by atoms with Gasteiger partial charge in [0.15, 0.2) is 0 Å². The summed E-state index contributed by atoms with van der Waals surface area (Å²) in [4.78, 5) is 18.7. The number of rotatable bonds is 1. The zero-order valence-corrected chi connectivity index (χ0v) is 15.2. The first-order valence-corrected chi connectivity index (χ1v) is 9.98. The first-order valence-electron chi connectivity index (χ1n) is 9.98. The second-order valence-electron chi connectivity index (χ2n) is 7.99. The normalized spacial score (nSPS) is 23.3. The number of likely N-dealkylation sites (tertiary alicyclic amines) is 1. The van der Waals surface area contributed by atoms with Gasteiger partial charge in [-0.2, -0.15) is 0 Å². The van der Waals surface area contributed by atoms with Crippen LogP contribution in [-0.2, 0) is 21.5 Å². The molecular weight excluding hydrogens is 326 g/mol. The molecule has 0 aliphatic carbocycles. The molecule has 1 aromatic carbocycles. The maximum Gasteiger partial charge on any atom is 0.225 e. The lowest BCUT2D eigenvalue weighted by molar-refractivity contribution is -0.140. The highest BCUT2D eigenvalue weighted by Crippen LogP contribution is 2.40. The fourth-order valence-electron chi connectivity index (χ4n) is 5.12. The Morgan fingerprint density at radius 2 is 1.92 bits per heavy atom. The summed E-state index contributed by atoms with van der Waals surface area (Å²) >= 11 is 0. The van der Waals surface area contributed by atoms with Crippen LogP contribution in [0.25, 0.3) is 10.9 Å². The Morgan fingerprint density at radius 3 is 2.73 bits per heavy atom. The van der Waals surface area contributed by atoms with E-state index in [0.29, 0.717) is 5.91 Å². The van der Waals surface area contributed by atoms with E-state index < -0.39 is 0 Å². The van der Waals surface area contributed by atoms with Crippen LogP contribution in [0.15, 0.2) is 24.3 Å². The lowest BCUT2D eigenvalue weighted by Gasteiger charge is -2.45. The van der Waals surface area contributed by atoms with Crippen molar-refractivity contribution in [3.05, 3.63) is 35.5 Å². The molecule has 5 heteroatoms. The average Bonchev–Trinajstić information content (AvgIpc) is 3.09. The van der Waals surface area contributed by atoms with Gasteiger partial charge in [0, 0.05) is 55.4 Å². The van der Waals surface area contributed by atoms with Crippen molar-refractivity contribution in [1.82, 2.24) is 15.2 Å². The maximum absolute atomic E-state index is 12.9. The zero-order chi connectivity index (χ0) is 17.6. The largest absolute Gasteiger partial charge is 0.381 e. The first-order chi connectivity index (χ1) is 12.8. The highest BCUT2D eigenvalue weighted by Gasteiger charge is 2.42. The summed E-state index contributed by atoms with van der Waals surface area (Å²) in [6, 6.07) is 8.62. The number of benzene rings is 1. The van der Waals surface area contributed by atoms with E-state index in [9.17, 15) is 4.79 Å². The Morgan fingerprint density at radius 1 is 1.15 bits per heavy atom. The predicted molar refractivity (Wildman–Crippen MR) is 101 cm³/mol. The number of H-pyrrole nitrogens is 1. The molecule has 2 saturated heterocycles. The number of aromatic nitrogens is 1. The van der Waals surface area contributed by atoms with E-state index in [-0.39, 0.29) is 11.5 Å². The number of nitrogens with one attached hydrogen (secondary N) is 2. The van der Waals surface area contributed by atoms with Gasteiger partial charge in [0.1, 0.15) is 0 Å². The molecule has 0 bridgehead atoms. The Bertz CT molecular complexity index is 814. The van der Waals surface area contributed by atoms with Crippen molar-refractivity contribution in [2.24, 2.45) is 5.92 Å². The predicted octanol–water partition coefficient (Wildman–Crippen LogP) is 2.56. The Hall–Kier alpha value is -1.85. The molecule has 1 aromatic heterocycles. The molecule has 5 nitrogen and oxygen atoms in total. The van der Waals surface area contributed by atoms with Gasteiger partial charge in [-0.3, -0.25) is 4.79 Å². The number of aromatic amines is 1. The van der Waals surface area contributed by atoms with Crippen LogP contribution in [0.5, 0.6) is 0 Å². The van der Waals surface area contributed by atoms with E-state index in [4.69, 9.17) is 4.74 Å². The average molecular weight is 353 g/mol. The first kappa shape index (κ1) is 16.3. The maximum atomic E-state index is 12.9. The molecule has 0 saturated carbocycles. The lowest BCUT2D eigenvalue weighted by atomic mass is 9.79. The van der Waals surface area contributed by atoms with Gasteiger partial charge in [-0.05, 0) is 43.7 Å². The van der Waals surface area contributed by atoms with Gasteiger partial charge in [0.05, 0.1) is 5.54 Å². The smallest absolute Gasteiger partial charge is 0.225 e. The van der Waals surface area contributed by atoms with Crippen LogP contribution in [0.3, 0.4) is 0 Å². The van der Waals surface area contributed by atoms with E-state index >= 15 is 0 Å². The quantitative estimate of drug-likeness (QED) is 0.828. The minimum absolute atomic E-state index is 0.000933. The molecule has 2 N–H and O–H groups in total. The molecule has 2 fully saturated rings. The fourth-order valence-corrected chi connectivity index (χ4v) is 5.12. The van der Waals surface area contributed by atoms with E-state index in [1.165, 1.54) is 22.2 Å². The van der Waals surface area contributed by atoms with Crippen molar-refractivity contribution >= 4 is 16.8 Å². The van der Waals surface area contributed by atoms with E-state index in [0.717, 1.165) is 65.0 Å². The molecule has 4 heterocycles. The number of para-hydroxylation sites is 1. The topological polar surface area (TPSA) is 57.4 Å². The lowest BCUT2D eigenvalue weighted by Crippen LogP contribution is -2.55. The summed E-state index contributed by atoms with van der Waals surface area (Å²) < 4.78 is 5.41. The molecule has 138 valence electrons. The van der Waals surface area contributed by atoms with E-state index in [2.05, 4.69) is 39.5 Å². The van der Waals surface area contributed by atoms with Gasteiger partial charge in [-0.15, -0.1) is 0 Å². The third-order valence-electron chi connectivity index (χ3n) is 6.63. The van der Waals surface area contributed by atoms with E-state index in [1.807, 2.05) is 0 Å². The highest BCUT2D eigenvalue weighted by molar-refractivity contribution is 5.85. The molecule has 1 amide bonds. The molecule has 5 rings (SSSR count). The Balaban J connectivity index is 1.37. The number of fused-ring (bicyclic) bond motifs is 4. The number of hydrogen-bond donors (Lipinski definition) is 2. The minimum atomic E-state index is -0.000933. The van der Waals surface area contributed by atoms with Crippen LogP contribution in [0.2, 0.25) is 0 Å². The number of piperidine rings is 1. The number of carbonyl (C=O) groups excluding carboxylic acids is 1. The molecule has 2 aromatic rings. The molecule has 3 aliphatic heterocycles. The zero-order valence-electron chi connectivity index (χ0n) is 15.2. The Kier molecular flexibility index (Phi) is 4.02. The van der Waals surface area contributed by atoms with Crippen molar-refractivity contribution in [2.45, 2.75) is 37.6 Å². The molecule has 26 heavy (non-hydrogen) atoms. The number of hydrogen-bond acceptors (Lipinski definition) is 3. The van der Waals surface area contributed by atoms with Crippen molar-refractivity contribution < 1.29 is 9.53 Å². The number of nitrogens with zero attached hydrogens (tertiary/aromatic N) is 1. The van der Waals surface area contributed by atoms with Gasteiger partial charge < -0.3 is 19.9 Å². The fraction of sp³-hybridized carbons (Fsp3) is 0.571. The monoisotopic (exact) mass is 353 g/mol. The second-order valence-corrected chi connectivity index (χ2v) is 7.99. The third-order valence-corrected chi connectivity index (χ3v) is 6.63. The summed E-state index contributed by atoms with van der Waals surface area (Å²) in [6.45, 7) is 4.17.